The first-order chi connectivity index (χ1) is 10.1. The summed E-state index contributed by atoms with van der Waals surface area (Å²) in [7, 11) is 0. The van der Waals surface area contributed by atoms with Gasteiger partial charge in [-0.1, -0.05) is 0 Å². The highest BCUT2D eigenvalue weighted by molar-refractivity contribution is 5.98. The van der Waals surface area contributed by atoms with Crippen molar-refractivity contribution in [2.75, 3.05) is 13.2 Å². The zero-order valence-electron chi connectivity index (χ0n) is 11.4. The Kier molecular flexibility index (Phi) is 3.39. The lowest BCUT2D eigenvalue weighted by Gasteiger charge is -2.23. The molecule has 0 saturated carbocycles. The molecular weight excluding hydrogens is 274 g/mol. The van der Waals surface area contributed by atoms with Crippen LogP contribution in [0.15, 0.2) is 6.07 Å². The summed E-state index contributed by atoms with van der Waals surface area (Å²) in [5.74, 6) is -1.34. The smallest absolute Gasteiger partial charge is 0.337 e. The number of amides is 1. The number of aromatic carboxylic acids is 1. The Bertz CT molecular complexity index is 643. The van der Waals surface area contributed by atoms with Crippen LogP contribution in [0.2, 0.25) is 0 Å². The zero-order valence-corrected chi connectivity index (χ0v) is 11.4. The number of hydrogen-bond acceptors (Lipinski definition) is 4. The molecule has 1 unspecified atom stereocenters. The van der Waals surface area contributed by atoms with Gasteiger partial charge in [-0.05, 0) is 18.9 Å². The lowest BCUT2D eigenvalue weighted by molar-refractivity contribution is 0.0644. The van der Waals surface area contributed by atoms with Gasteiger partial charge in [-0.25, -0.2) is 4.79 Å². The van der Waals surface area contributed by atoms with Crippen LogP contribution in [0.25, 0.3) is 0 Å². The SMILES string of the molecule is N#CC1CCCN1C(=O)c1cc(C(=O)O)c2n1CCOC2. The summed E-state index contributed by atoms with van der Waals surface area (Å²) < 4.78 is 7.00. The number of carboxylic acid groups (broad SMARTS) is 1. The highest BCUT2D eigenvalue weighted by atomic mass is 16.5. The van der Waals surface area contributed by atoms with Gasteiger partial charge in [-0.2, -0.15) is 5.26 Å². The van der Waals surface area contributed by atoms with Crippen LogP contribution in [0.5, 0.6) is 0 Å². The Balaban J connectivity index is 2.00. The van der Waals surface area contributed by atoms with Crippen molar-refractivity contribution in [3.8, 4) is 6.07 Å². The van der Waals surface area contributed by atoms with Gasteiger partial charge in [0.15, 0.2) is 0 Å². The minimum absolute atomic E-state index is 0.103. The third kappa shape index (κ3) is 2.17. The fourth-order valence-electron chi connectivity index (χ4n) is 2.98. The third-order valence-electron chi connectivity index (χ3n) is 4.02. The first-order valence-electron chi connectivity index (χ1n) is 6.87. The molecule has 7 nitrogen and oxygen atoms in total. The van der Waals surface area contributed by atoms with Gasteiger partial charge in [0.25, 0.3) is 5.91 Å². The minimum atomic E-state index is -1.07. The van der Waals surface area contributed by atoms with Crippen LogP contribution in [-0.4, -0.2) is 45.6 Å². The summed E-state index contributed by atoms with van der Waals surface area (Å²) in [6.07, 6.45) is 1.47. The van der Waals surface area contributed by atoms with Crippen LogP contribution in [-0.2, 0) is 17.9 Å². The van der Waals surface area contributed by atoms with E-state index in [1.165, 1.54) is 11.0 Å². The average molecular weight is 289 g/mol. The average Bonchev–Trinajstić information content (AvgIpc) is 3.11. The molecule has 1 aromatic heterocycles. The number of carboxylic acids is 1. The van der Waals surface area contributed by atoms with E-state index >= 15 is 0 Å². The van der Waals surface area contributed by atoms with E-state index in [0.717, 1.165) is 6.42 Å². The molecule has 3 heterocycles. The number of likely N-dealkylation sites (tertiary alicyclic amines) is 1. The van der Waals surface area contributed by atoms with E-state index in [1.54, 1.807) is 4.57 Å². The van der Waals surface area contributed by atoms with Crippen molar-refractivity contribution in [1.29, 1.82) is 5.26 Å². The number of carbonyl (C=O) groups is 2. The Morgan fingerprint density at radius 1 is 1.43 bits per heavy atom. The molecule has 1 fully saturated rings. The van der Waals surface area contributed by atoms with E-state index in [1.807, 2.05) is 0 Å². The fourth-order valence-corrected chi connectivity index (χ4v) is 2.98. The minimum Gasteiger partial charge on any atom is -0.478 e. The van der Waals surface area contributed by atoms with Crippen LogP contribution in [0.3, 0.4) is 0 Å². The second-order valence-electron chi connectivity index (χ2n) is 5.18. The third-order valence-corrected chi connectivity index (χ3v) is 4.02. The van der Waals surface area contributed by atoms with Crippen LogP contribution in [0.4, 0.5) is 0 Å². The summed E-state index contributed by atoms with van der Waals surface area (Å²) in [4.78, 5) is 25.5. The summed E-state index contributed by atoms with van der Waals surface area (Å²) >= 11 is 0. The van der Waals surface area contributed by atoms with E-state index < -0.39 is 12.0 Å². The molecule has 1 amide bonds. The zero-order chi connectivity index (χ0) is 15.0. The predicted molar refractivity (Wildman–Crippen MR) is 70.7 cm³/mol. The van der Waals surface area contributed by atoms with Crippen molar-refractivity contribution >= 4 is 11.9 Å². The van der Waals surface area contributed by atoms with E-state index in [4.69, 9.17) is 10.00 Å². The Hall–Kier alpha value is -2.33. The number of ether oxygens (including phenoxy) is 1. The molecule has 110 valence electrons. The highest BCUT2D eigenvalue weighted by Crippen LogP contribution is 2.25. The summed E-state index contributed by atoms with van der Waals surface area (Å²) in [6.45, 7) is 1.63. The van der Waals surface area contributed by atoms with Crippen LogP contribution >= 0.6 is 0 Å². The normalized spacial score (nSPS) is 20.9. The molecule has 7 heteroatoms. The standard InChI is InChI=1S/C14H15N3O4/c15-7-9-2-1-3-16(9)13(18)11-6-10(14(19)20)12-8-21-5-4-17(11)12/h6,9H,1-5,8H2,(H,19,20). The maximum absolute atomic E-state index is 12.6. The first kappa shape index (κ1) is 13.6. The van der Waals surface area contributed by atoms with Crippen LogP contribution in [0.1, 0.15) is 39.4 Å². The molecule has 0 spiro atoms. The van der Waals surface area contributed by atoms with Crippen LogP contribution in [0, 0.1) is 11.3 Å². The molecule has 0 radical (unpaired) electrons. The predicted octanol–water partition coefficient (Wildman–Crippen LogP) is 0.845. The number of carbonyl (C=O) groups excluding carboxylic acids is 1. The molecule has 0 aliphatic carbocycles. The van der Waals surface area contributed by atoms with Crippen molar-refractivity contribution in [3.05, 3.63) is 23.0 Å². The quantitative estimate of drug-likeness (QED) is 0.870. The largest absolute Gasteiger partial charge is 0.478 e. The molecule has 2 aliphatic rings. The van der Waals surface area contributed by atoms with E-state index in [-0.39, 0.29) is 18.1 Å². The molecule has 1 atom stereocenters. The highest BCUT2D eigenvalue weighted by Gasteiger charge is 2.33. The Morgan fingerprint density at radius 3 is 2.95 bits per heavy atom. The van der Waals surface area contributed by atoms with E-state index in [9.17, 15) is 14.7 Å². The van der Waals surface area contributed by atoms with Gasteiger partial charge in [0.2, 0.25) is 0 Å². The molecule has 1 aromatic rings. The lowest BCUT2D eigenvalue weighted by atomic mass is 10.2. The molecule has 0 aromatic carbocycles. The first-order valence-corrected chi connectivity index (χ1v) is 6.87. The van der Waals surface area contributed by atoms with Gasteiger partial charge >= 0.3 is 5.97 Å². The molecule has 0 bridgehead atoms. The van der Waals surface area contributed by atoms with Crippen molar-refractivity contribution in [1.82, 2.24) is 9.47 Å². The lowest BCUT2D eigenvalue weighted by Crippen LogP contribution is -2.36. The summed E-state index contributed by atoms with van der Waals surface area (Å²) in [5.41, 5.74) is 0.961. The topological polar surface area (TPSA) is 95.6 Å². The van der Waals surface area contributed by atoms with Gasteiger partial charge in [0, 0.05) is 13.1 Å². The van der Waals surface area contributed by atoms with Crippen molar-refractivity contribution < 1.29 is 19.4 Å². The van der Waals surface area contributed by atoms with Gasteiger partial charge in [-0.15, -0.1) is 0 Å². The Morgan fingerprint density at radius 2 is 2.24 bits per heavy atom. The van der Waals surface area contributed by atoms with Gasteiger partial charge < -0.3 is 19.3 Å². The van der Waals surface area contributed by atoms with Crippen LogP contribution < -0.4 is 0 Å². The maximum atomic E-state index is 12.6. The van der Waals surface area contributed by atoms with Gasteiger partial charge in [0.1, 0.15) is 11.7 Å². The molecule has 3 rings (SSSR count). The number of aromatic nitrogens is 1. The fraction of sp³-hybridized carbons (Fsp3) is 0.500. The maximum Gasteiger partial charge on any atom is 0.337 e. The molecule has 2 aliphatic heterocycles. The number of nitrogens with zero attached hydrogens (tertiary/aromatic N) is 3. The molecular formula is C14H15N3O4. The van der Waals surface area contributed by atoms with Crippen molar-refractivity contribution in [3.63, 3.8) is 0 Å². The number of fused-ring (bicyclic) bond motifs is 1. The molecule has 1 N–H and O–H groups in total. The summed E-state index contributed by atoms with van der Waals surface area (Å²) in [6, 6.07) is 3.11. The van der Waals surface area contributed by atoms with Crippen molar-refractivity contribution in [2.24, 2.45) is 0 Å². The van der Waals surface area contributed by atoms with E-state index in [2.05, 4.69) is 6.07 Å². The Labute approximate surface area is 121 Å². The number of nitriles is 1. The van der Waals surface area contributed by atoms with Gasteiger partial charge in [0.05, 0.1) is 30.5 Å². The molecule has 21 heavy (non-hydrogen) atoms. The van der Waals surface area contributed by atoms with E-state index in [0.29, 0.717) is 37.5 Å². The number of rotatable bonds is 2. The summed E-state index contributed by atoms with van der Waals surface area (Å²) in [5, 5.41) is 18.4. The second-order valence-corrected chi connectivity index (χ2v) is 5.18. The second kappa shape index (κ2) is 5.22. The molecule has 1 saturated heterocycles. The van der Waals surface area contributed by atoms with Crippen molar-refractivity contribution in [2.45, 2.75) is 32.0 Å². The number of hydrogen-bond donors (Lipinski definition) is 1. The van der Waals surface area contributed by atoms with Gasteiger partial charge in [-0.3, -0.25) is 4.79 Å². The monoisotopic (exact) mass is 289 g/mol.